The molecule has 0 saturated carbocycles. The average Bonchev–Trinajstić information content (AvgIpc) is 3.07. The van der Waals surface area contributed by atoms with E-state index in [1.807, 2.05) is 6.92 Å². The third kappa shape index (κ3) is 2.92. The van der Waals surface area contributed by atoms with Crippen molar-refractivity contribution in [2.24, 2.45) is 4.99 Å². The van der Waals surface area contributed by atoms with E-state index in [4.69, 9.17) is 10.00 Å². The highest BCUT2D eigenvalue weighted by Gasteiger charge is 2.78. The Kier molecular flexibility index (Phi) is 4.81. The van der Waals surface area contributed by atoms with E-state index >= 15 is 0 Å². The standard InChI is InChI=1S/C22H17F5N2O2/c1-2-3-6-29-16-10-20(30)19-15(21(24,25)22(20,26)27)4-5-17(18(16)19)31-14-8-12(11-28)7-13(23)9-14/h4-5,7-9,30H,2-3,6,10H2,1H3/b29-16-/t20-/m1/s1. The van der Waals surface area contributed by atoms with Crippen molar-refractivity contribution in [3.63, 3.8) is 0 Å². The Bertz CT molecular complexity index is 1140. The van der Waals surface area contributed by atoms with Crippen LogP contribution in [0.3, 0.4) is 0 Å². The lowest BCUT2D eigenvalue weighted by Crippen LogP contribution is -2.48. The number of benzene rings is 2. The van der Waals surface area contributed by atoms with Gasteiger partial charge in [-0.05, 0) is 30.7 Å². The molecular weight excluding hydrogens is 419 g/mol. The lowest BCUT2D eigenvalue weighted by Gasteiger charge is -2.29. The van der Waals surface area contributed by atoms with E-state index in [0.717, 1.165) is 30.7 Å². The van der Waals surface area contributed by atoms with Crippen LogP contribution in [-0.2, 0) is 11.5 Å². The first kappa shape index (κ1) is 21.2. The highest BCUT2D eigenvalue weighted by Crippen LogP contribution is 2.66. The van der Waals surface area contributed by atoms with Gasteiger partial charge in [-0.25, -0.2) is 4.39 Å². The van der Waals surface area contributed by atoms with Crippen molar-refractivity contribution in [2.75, 3.05) is 6.54 Å². The molecule has 0 spiro atoms. The molecule has 0 aliphatic heterocycles. The number of alkyl halides is 4. The Morgan fingerprint density at radius 2 is 1.94 bits per heavy atom. The summed E-state index contributed by atoms with van der Waals surface area (Å²) in [6.45, 7) is 2.16. The summed E-state index contributed by atoms with van der Waals surface area (Å²) >= 11 is 0. The molecule has 0 amide bonds. The summed E-state index contributed by atoms with van der Waals surface area (Å²) in [5.41, 5.74) is -4.90. The van der Waals surface area contributed by atoms with E-state index in [9.17, 15) is 27.1 Å². The summed E-state index contributed by atoms with van der Waals surface area (Å²) in [6, 6.07) is 6.78. The molecule has 0 aromatic heterocycles. The molecule has 0 heterocycles. The topological polar surface area (TPSA) is 65.6 Å². The van der Waals surface area contributed by atoms with Gasteiger partial charge in [-0.1, -0.05) is 13.3 Å². The SMILES string of the molecule is CCCC/N=C1/C[C@@]2(O)c3c(ccc(Oc4cc(F)cc(C#N)c4)c31)C(F)(F)C2(F)F. The molecule has 2 aliphatic rings. The van der Waals surface area contributed by atoms with Crippen molar-refractivity contribution < 1.29 is 31.8 Å². The predicted molar refractivity (Wildman–Crippen MR) is 101 cm³/mol. The fraction of sp³-hybridized carbons (Fsp3) is 0.364. The van der Waals surface area contributed by atoms with Crippen LogP contribution in [0.2, 0.25) is 0 Å². The van der Waals surface area contributed by atoms with Crippen LogP contribution in [-0.4, -0.2) is 23.3 Å². The number of hydrogen-bond acceptors (Lipinski definition) is 4. The number of unbranched alkanes of at least 4 members (excludes halogenated alkanes) is 1. The molecular formula is C22H17F5N2O2. The normalized spacial score (nSPS) is 23.6. The zero-order valence-corrected chi connectivity index (χ0v) is 16.4. The maximum Gasteiger partial charge on any atom is 0.346 e. The van der Waals surface area contributed by atoms with Gasteiger partial charge in [-0.2, -0.15) is 22.8 Å². The molecule has 0 unspecified atom stereocenters. The van der Waals surface area contributed by atoms with Crippen molar-refractivity contribution in [2.45, 2.75) is 43.6 Å². The molecule has 4 rings (SSSR count). The zero-order chi connectivity index (χ0) is 22.6. The van der Waals surface area contributed by atoms with Gasteiger partial charge >= 0.3 is 11.8 Å². The van der Waals surface area contributed by atoms with E-state index < -0.39 is 40.8 Å². The van der Waals surface area contributed by atoms with Crippen LogP contribution in [0, 0.1) is 17.1 Å². The van der Waals surface area contributed by atoms with E-state index in [0.29, 0.717) is 6.42 Å². The van der Waals surface area contributed by atoms with Crippen molar-refractivity contribution >= 4 is 5.71 Å². The molecule has 1 N–H and O–H groups in total. The van der Waals surface area contributed by atoms with Crippen LogP contribution in [0.15, 0.2) is 35.3 Å². The Balaban J connectivity index is 1.90. The van der Waals surface area contributed by atoms with Crippen LogP contribution in [0.4, 0.5) is 22.0 Å². The number of nitrogens with zero attached hydrogens (tertiary/aromatic N) is 2. The fourth-order valence-corrected chi connectivity index (χ4v) is 4.08. The van der Waals surface area contributed by atoms with E-state index in [2.05, 4.69) is 4.99 Å². The minimum Gasteiger partial charge on any atom is -0.457 e. The van der Waals surface area contributed by atoms with Crippen molar-refractivity contribution in [1.29, 1.82) is 5.26 Å². The van der Waals surface area contributed by atoms with Gasteiger partial charge in [0.2, 0.25) is 0 Å². The second kappa shape index (κ2) is 7.02. The Morgan fingerprint density at radius 1 is 1.19 bits per heavy atom. The maximum atomic E-state index is 14.7. The summed E-state index contributed by atoms with van der Waals surface area (Å²) in [4.78, 5) is 4.26. The van der Waals surface area contributed by atoms with Gasteiger partial charge in [-0.3, -0.25) is 4.99 Å². The van der Waals surface area contributed by atoms with Crippen LogP contribution in [0.25, 0.3) is 0 Å². The molecule has 9 heteroatoms. The summed E-state index contributed by atoms with van der Waals surface area (Å²) < 4.78 is 77.8. The maximum absolute atomic E-state index is 14.7. The molecule has 31 heavy (non-hydrogen) atoms. The van der Waals surface area contributed by atoms with Gasteiger partial charge in [0, 0.05) is 41.4 Å². The number of rotatable bonds is 5. The van der Waals surface area contributed by atoms with Gasteiger partial charge in [0.25, 0.3) is 0 Å². The molecule has 2 aliphatic carbocycles. The summed E-state index contributed by atoms with van der Waals surface area (Å²) in [7, 11) is 0. The highest BCUT2D eigenvalue weighted by molar-refractivity contribution is 6.09. The molecule has 1 atom stereocenters. The van der Waals surface area contributed by atoms with Gasteiger partial charge < -0.3 is 9.84 Å². The quantitative estimate of drug-likeness (QED) is 0.504. The minimum atomic E-state index is -4.75. The Hall–Kier alpha value is -2.99. The van der Waals surface area contributed by atoms with E-state index in [1.54, 1.807) is 6.07 Å². The van der Waals surface area contributed by atoms with Crippen molar-refractivity contribution in [1.82, 2.24) is 0 Å². The largest absolute Gasteiger partial charge is 0.457 e. The van der Waals surface area contributed by atoms with Gasteiger partial charge in [0.1, 0.15) is 17.3 Å². The molecule has 2 aromatic rings. The molecule has 4 nitrogen and oxygen atoms in total. The lowest BCUT2D eigenvalue weighted by molar-refractivity contribution is -0.282. The average molecular weight is 436 g/mol. The van der Waals surface area contributed by atoms with Crippen LogP contribution in [0.5, 0.6) is 11.5 Å². The number of nitriles is 1. The summed E-state index contributed by atoms with van der Waals surface area (Å²) in [6.07, 6.45) is 0.607. The molecule has 0 radical (unpaired) electrons. The number of aliphatic hydroxyl groups is 1. The first-order chi connectivity index (χ1) is 14.6. The lowest BCUT2D eigenvalue weighted by atomic mass is 9.94. The van der Waals surface area contributed by atoms with Crippen LogP contribution >= 0.6 is 0 Å². The van der Waals surface area contributed by atoms with E-state index in [-0.39, 0.29) is 34.9 Å². The zero-order valence-electron chi connectivity index (χ0n) is 16.4. The number of halogens is 5. The van der Waals surface area contributed by atoms with E-state index in [1.165, 1.54) is 6.07 Å². The predicted octanol–water partition coefficient (Wildman–Crippen LogP) is 5.41. The van der Waals surface area contributed by atoms with Gasteiger partial charge in [-0.15, -0.1) is 0 Å². The fourth-order valence-electron chi connectivity index (χ4n) is 4.08. The third-order valence-corrected chi connectivity index (χ3v) is 5.59. The summed E-state index contributed by atoms with van der Waals surface area (Å²) in [5.74, 6) is -10.3. The van der Waals surface area contributed by atoms with Gasteiger partial charge in [0.05, 0.1) is 11.6 Å². The van der Waals surface area contributed by atoms with Gasteiger partial charge in [0.15, 0.2) is 5.60 Å². The molecule has 0 fully saturated rings. The Labute approximate surface area is 174 Å². The first-order valence-electron chi connectivity index (χ1n) is 9.65. The number of aliphatic imine (C=N–C) groups is 1. The monoisotopic (exact) mass is 436 g/mol. The second-order valence-corrected chi connectivity index (χ2v) is 7.62. The smallest absolute Gasteiger partial charge is 0.346 e. The van der Waals surface area contributed by atoms with Crippen LogP contribution < -0.4 is 4.74 Å². The van der Waals surface area contributed by atoms with Crippen LogP contribution in [0.1, 0.15) is 48.4 Å². The molecule has 162 valence electrons. The molecule has 0 saturated heterocycles. The van der Waals surface area contributed by atoms with Crippen molar-refractivity contribution in [3.05, 3.63) is 58.4 Å². The Morgan fingerprint density at radius 3 is 2.61 bits per heavy atom. The first-order valence-corrected chi connectivity index (χ1v) is 9.65. The molecule has 0 bridgehead atoms. The third-order valence-electron chi connectivity index (χ3n) is 5.59. The number of ether oxygens (including phenoxy) is 1. The summed E-state index contributed by atoms with van der Waals surface area (Å²) in [5, 5.41) is 19.7. The minimum absolute atomic E-state index is 0.0230. The highest BCUT2D eigenvalue weighted by atomic mass is 19.3. The second-order valence-electron chi connectivity index (χ2n) is 7.62. The number of hydrogen-bond donors (Lipinski definition) is 1. The molecule has 2 aromatic carbocycles. The van der Waals surface area contributed by atoms with Crippen molar-refractivity contribution in [3.8, 4) is 17.6 Å².